The number of rotatable bonds is 4. The largest absolute Gasteiger partial charge is 0.489 e. The van der Waals surface area contributed by atoms with Crippen LogP contribution in [0.25, 0.3) is 0 Å². The lowest BCUT2D eigenvalue weighted by Gasteiger charge is -2.35. The van der Waals surface area contributed by atoms with Crippen LogP contribution in [0.2, 0.25) is 5.02 Å². The zero-order valence-corrected chi connectivity index (χ0v) is 15.8. The minimum absolute atomic E-state index is 0.148. The fourth-order valence-corrected chi connectivity index (χ4v) is 3.66. The number of carbonyl (C=O) groups is 1. The van der Waals surface area contributed by atoms with Gasteiger partial charge in [0.15, 0.2) is 11.5 Å². The fraction of sp³-hybridized carbons (Fsp3) is 0.632. The molecular formula is C19H27ClN2O3. The third kappa shape index (κ3) is 4.79. The van der Waals surface area contributed by atoms with Crippen molar-refractivity contribution in [3.8, 4) is 11.5 Å². The molecule has 5 nitrogen and oxygen atoms in total. The summed E-state index contributed by atoms with van der Waals surface area (Å²) in [7, 11) is 0. The topological polar surface area (TPSA) is 42.0 Å². The van der Waals surface area contributed by atoms with E-state index in [1.54, 1.807) is 0 Å². The molecule has 1 aromatic rings. The molecule has 6 heteroatoms. The lowest BCUT2D eigenvalue weighted by Crippen LogP contribution is -2.49. The number of fused-ring (bicyclic) bond motifs is 1. The summed E-state index contributed by atoms with van der Waals surface area (Å²) in [5.74, 6) is 2.05. The van der Waals surface area contributed by atoms with E-state index in [1.165, 1.54) is 0 Å². The predicted molar refractivity (Wildman–Crippen MR) is 98.6 cm³/mol. The number of ether oxygens (including phenoxy) is 2. The SMILES string of the molecule is CC(C)CN1CCN(C(=O)Cc2cc(Cl)c3c(c2)OCCCO3)CC1. The molecule has 2 aliphatic heterocycles. The lowest BCUT2D eigenvalue weighted by molar-refractivity contribution is -0.132. The zero-order valence-electron chi connectivity index (χ0n) is 15.1. The highest BCUT2D eigenvalue weighted by atomic mass is 35.5. The number of hydrogen-bond acceptors (Lipinski definition) is 4. The van der Waals surface area contributed by atoms with Crippen LogP contribution in [0.5, 0.6) is 11.5 Å². The van der Waals surface area contributed by atoms with E-state index in [1.807, 2.05) is 17.0 Å². The molecule has 0 radical (unpaired) electrons. The second-order valence-electron chi connectivity index (χ2n) is 7.21. The summed E-state index contributed by atoms with van der Waals surface area (Å²) < 4.78 is 11.3. The van der Waals surface area contributed by atoms with E-state index >= 15 is 0 Å². The molecule has 0 unspecified atom stereocenters. The quantitative estimate of drug-likeness (QED) is 0.821. The average Bonchev–Trinajstić information content (AvgIpc) is 2.80. The van der Waals surface area contributed by atoms with E-state index in [4.69, 9.17) is 21.1 Å². The maximum atomic E-state index is 12.6. The van der Waals surface area contributed by atoms with Crippen molar-refractivity contribution in [3.05, 3.63) is 22.7 Å². The normalized spacial score (nSPS) is 18.3. The van der Waals surface area contributed by atoms with Gasteiger partial charge in [0.2, 0.25) is 5.91 Å². The number of piperazine rings is 1. The standard InChI is InChI=1S/C19H27ClN2O3/c1-14(2)13-21-4-6-22(7-5-21)18(23)12-15-10-16(20)19-17(11-15)24-8-3-9-25-19/h10-11,14H,3-9,12-13H2,1-2H3. The number of hydrogen-bond donors (Lipinski definition) is 0. The first-order valence-electron chi connectivity index (χ1n) is 9.11. The van der Waals surface area contributed by atoms with Crippen molar-refractivity contribution in [1.82, 2.24) is 9.80 Å². The molecule has 1 aromatic carbocycles. The van der Waals surface area contributed by atoms with E-state index in [2.05, 4.69) is 18.7 Å². The Morgan fingerprint density at radius 2 is 1.88 bits per heavy atom. The molecule has 0 aliphatic carbocycles. The minimum atomic E-state index is 0.148. The highest BCUT2D eigenvalue weighted by molar-refractivity contribution is 6.32. The Morgan fingerprint density at radius 1 is 1.16 bits per heavy atom. The molecule has 0 bridgehead atoms. The van der Waals surface area contributed by atoms with Crippen molar-refractivity contribution in [2.75, 3.05) is 45.9 Å². The molecule has 138 valence electrons. The Morgan fingerprint density at radius 3 is 2.60 bits per heavy atom. The summed E-state index contributed by atoms with van der Waals surface area (Å²) in [6.07, 6.45) is 1.18. The van der Waals surface area contributed by atoms with Gasteiger partial charge in [0, 0.05) is 39.1 Å². The molecule has 1 amide bonds. The first kappa shape index (κ1) is 18.3. The van der Waals surface area contributed by atoms with Crippen molar-refractivity contribution in [3.63, 3.8) is 0 Å². The molecular weight excluding hydrogens is 340 g/mol. The van der Waals surface area contributed by atoms with Gasteiger partial charge in [-0.25, -0.2) is 0 Å². The van der Waals surface area contributed by atoms with Gasteiger partial charge in [0.25, 0.3) is 0 Å². The number of amides is 1. The van der Waals surface area contributed by atoms with Crippen LogP contribution in [0.3, 0.4) is 0 Å². The van der Waals surface area contributed by atoms with Gasteiger partial charge in [-0.1, -0.05) is 25.4 Å². The second-order valence-corrected chi connectivity index (χ2v) is 7.61. The molecule has 25 heavy (non-hydrogen) atoms. The highest BCUT2D eigenvalue weighted by Crippen LogP contribution is 2.38. The van der Waals surface area contributed by atoms with Crippen LogP contribution in [0, 0.1) is 5.92 Å². The van der Waals surface area contributed by atoms with E-state index in [0.29, 0.717) is 42.1 Å². The van der Waals surface area contributed by atoms with E-state index in [0.717, 1.165) is 44.7 Å². The summed E-state index contributed by atoms with van der Waals surface area (Å²) >= 11 is 6.32. The number of benzene rings is 1. The first-order valence-corrected chi connectivity index (χ1v) is 9.49. The van der Waals surface area contributed by atoms with E-state index < -0.39 is 0 Å². The van der Waals surface area contributed by atoms with Crippen molar-refractivity contribution >= 4 is 17.5 Å². The van der Waals surface area contributed by atoms with Crippen molar-refractivity contribution in [1.29, 1.82) is 0 Å². The average molecular weight is 367 g/mol. The Kier molecular flexibility index (Phi) is 6.07. The Balaban J connectivity index is 1.60. The molecule has 0 saturated carbocycles. The maximum absolute atomic E-state index is 12.6. The monoisotopic (exact) mass is 366 g/mol. The summed E-state index contributed by atoms with van der Waals surface area (Å²) in [5.41, 5.74) is 0.879. The summed E-state index contributed by atoms with van der Waals surface area (Å²) in [6.45, 7) is 10.3. The fourth-order valence-electron chi connectivity index (χ4n) is 3.37. The molecule has 3 rings (SSSR count). The number of halogens is 1. The lowest BCUT2D eigenvalue weighted by atomic mass is 10.1. The first-order chi connectivity index (χ1) is 12.0. The molecule has 2 aliphatic rings. The molecule has 1 fully saturated rings. The van der Waals surface area contributed by atoms with Gasteiger partial charge in [0.1, 0.15) is 0 Å². The molecule has 0 spiro atoms. The smallest absolute Gasteiger partial charge is 0.227 e. The van der Waals surface area contributed by atoms with Crippen molar-refractivity contribution in [2.24, 2.45) is 5.92 Å². The van der Waals surface area contributed by atoms with Gasteiger partial charge in [-0.3, -0.25) is 9.69 Å². The van der Waals surface area contributed by atoms with Crippen LogP contribution in [0.15, 0.2) is 12.1 Å². The van der Waals surface area contributed by atoms with Crippen molar-refractivity contribution < 1.29 is 14.3 Å². The second kappa shape index (κ2) is 8.28. The van der Waals surface area contributed by atoms with Gasteiger partial charge < -0.3 is 14.4 Å². The van der Waals surface area contributed by atoms with Crippen LogP contribution in [-0.2, 0) is 11.2 Å². The Bertz CT molecular complexity index is 613. The van der Waals surface area contributed by atoms with Crippen molar-refractivity contribution in [2.45, 2.75) is 26.7 Å². The number of carbonyl (C=O) groups excluding carboxylic acids is 1. The van der Waals surface area contributed by atoms with Crippen LogP contribution in [-0.4, -0.2) is 61.6 Å². The predicted octanol–water partition coefficient (Wildman–Crippen LogP) is 2.84. The number of nitrogens with zero attached hydrogens (tertiary/aromatic N) is 2. The molecule has 0 aromatic heterocycles. The van der Waals surface area contributed by atoms with Crippen LogP contribution < -0.4 is 9.47 Å². The van der Waals surface area contributed by atoms with E-state index in [-0.39, 0.29) is 5.91 Å². The van der Waals surface area contributed by atoms with Gasteiger partial charge in [-0.15, -0.1) is 0 Å². The highest BCUT2D eigenvalue weighted by Gasteiger charge is 2.23. The minimum Gasteiger partial charge on any atom is -0.489 e. The van der Waals surface area contributed by atoms with Crippen LogP contribution >= 0.6 is 11.6 Å². The summed E-state index contributed by atoms with van der Waals surface area (Å²) in [6, 6.07) is 3.71. The summed E-state index contributed by atoms with van der Waals surface area (Å²) in [5, 5.41) is 0.518. The van der Waals surface area contributed by atoms with Crippen LogP contribution in [0.1, 0.15) is 25.8 Å². The molecule has 2 heterocycles. The van der Waals surface area contributed by atoms with E-state index in [9.17, 15) is 4.79 Å². The van der Waals surface area contributed by atoms with Gasteiger partial charge in [-0.2, -0.15) is 0 Å². The molecule has 0 atom stereocenters. The zero-order chi connectivity index (χ0) is 17.8. The molecule has 1 saturated heterocycles. The van der Waals surface area contributed by atoms with Gasteiger partial charge >= 0.3 is 0 Å². The third-order valence-electron chi connectivity index (χ3n) is 4.57. The summed E-state index contributed by atoms with van der Waals surface area (Å²) in [4.78, 5) is 17.0. The third-order valence-corrected chi connectivity index (χ3v) is 4.85. The van der Waals surface area contributed by atoms with Gasteiger partial charge in [-0.05, 0) is 23.6 Å². The maximum Gasteiger partial charge on any atom is 0.227 e. The molecule has 0 N–H and O–H groups in total. The Labute approximate surface area is 154 Å². The Hall–Kier alpha value is -1.46. The van der Waals surface area contributed by atoms with Crippen LogP contribution in [0.4, 0.5) is 0 Å². The van der Waals surface area contributed by atoms with Gasteiger partial charge in [0.05, 0.1) is 24.7 Å².